The van der Waals surface area contributed by atoms with Gasteiger partial charge >= 0.3 is 0 Å². The van der Waals surface area contributed by atoms with Gasteiger partial charge < -0.3 is 4.90 Å². The molecule has 0 N–H and O–H groups in total. The van der Waals surface area contributed by atoms with E-state index < -0.39 is 0 Å². The molecule has 0 aliphatic carbocycles. The highest BCUT2D eigenvalue weighted by Gasteiger charge is 2.10. The Kier molecular flexibility index (Phi) is 3.96. The summed E-state index contributed by atoms with van der Waals surface area (Å²) in [6.07, 6.45) is 5.84. The van der Waals surface area contributed by atoms with E-state index in [1.165, 1.54) is 16.8 Å². The van der Waals surface area contributed by atoms with Crippen LogP contribution in [0, 0.1) is 13.8 Å². The first-order chi connectivity index (χ1) is 12.5. The Morgan fingerprint density at radius 3 is 2.38 bits per heavy atom. The van der Waals surface area contributed by atoms with E-state index in [9.17, 15) is 0 Å². The zero-order valence-electron chi connectivity index (χ0n) is 15.6. The second-order valence-corrected chi connectivity index (χ2v) is 6.83. The maximum atomic E-state index is 4.63. The van der Waals surface area contributed by atoms with Gasteiger partial charge in [-0.2, -0.15) is 0 Å². The van der Waals surface area contributed by atoms with Crippen LogP contribution in [-0.4, -0.2) is 28.5 Å². The molecule has 0 radical (unpaired) electrons. The molecule has 2 aromatic heterocycles. The van der Waals surface area contributed by atoms with Gasteiger partial charge in [-0.25, -0.2) is 4.98 Å². The number of fused-ring (bicyclic) bond motifs is 1. The van der Waals surface area contributed by atoms with Crippen LogP contribution in [0.5, 0.6) is 0 Å². The van der Waals surface area contributed by atoms with Gasteiger partial charge in [0, 0.05) is 37.1 Å². The van der Waals surface area contributed by atoms with Gasteiger partial charge in [0.15, 0.2) is 5.65 Å². The molecular weight excluding hydrogens is 320 g/mol. The Balaban J connectivity index is 1.83. The van der Waals surface area contributed by atoms with Gasteiger partial charge in [0.25, 0.3) is 0 Å². The Hall–Kier alpha value is -3.14. The van der Waals surface area contributed by atoms with E-state index in [1.807, 2.05) is 26.5 Å². The number of hydrogen-bond donors (Lipinski definition) is 0. The third-order valence-electron chi connectivity index (χ3n) is 4.96. The van der Waals surface area contributed by atoms with Gasteiger partial charge in [-0.1, -0.05) is 30.3 Å². The molecule has 0 saturated heterocycles. The fraction of sp³-hybridized carbons (Fsp3) is 0.182. The number of aromatic nitrogens is 3. The Morgan fingerprint density at radius 2 is 1.65 bits per heavy atom. The Bertz CT molecular complexity index is 1080. The molecule has 0 atom stereocenters. The summed E-state index contributed by atoms with van der Waals surface area (Å²) in [5.41, 5.74) is 8.90. The Morgan fingerprint density at radius 1 is 0.885 bits per heavy atom. The number of hydrogen-bond acceptors (Lipinski definition) is 3. The minimum atomic E-state index is 0.853. The number of anilines is 1. The summed E-state index contributed by atoms with van der Waals surface area (Å²) in [6, 6.07) is 14.9. The average Bonchev–Trinajstić information content (AvgIpc) is 3.07. The lowest BCUT2D eigenvalue weighted by Crippen LogP contribution is -2.07. The maximum Gasteiger partial charge on any atom is 0.155 e. The average molecular weight is 342 g/mol. The van der Waals surface area contributed by atoms with Crippen LogP contribution < -0.4 is 4.90 Å². The van der Waals surface area contributed by atoms with Gasteiger partial charge in [0.2, 0.25) is 0 Å². The smallest absolute Gasteiger partial charge is 0.155 e. The molecule has 0 fully saturated rings. The third kappa shape index (κ3) is 2.73. The van der Waals surface area contributed by atoms with E-state index in [1.54, 1.807) is 0 Å². The molecule has 0 amide bonds. The van der Waals surface area contributed by atoms with Gasteiger partial charge in [0.1, 0.15) is 0 Å². The highest BCUT2D eigenvalue weighted by molar-refractivity contribution is 5.69. The summed E-state index contributed by atoms with van der Waals surface area (Å²) >= 11 is 0. The SMILES string of the molecule is Cc1cccc(-c2cn3c(-c4ccc(N(C)C)cc4)cnc3cn2)c1C. The van der Waals surface area contributed by atoms with Crippen LogP contribution in [0.3, 0.4) is 0 Å². The molecule has 2 heterocycles. The second kappa shape index (κ2) is 6.30. The molecule has 4 nitrogen and oxygen atoms in total. The van der Waals surface area contributed by atoms with Crippen molar-refractivity contribution in [2.45, 2.75) is 13.8 Å². The first kappa shape index (κ1) is 16.3. The minimum absolute atomic E-state index is 0.853. The second-order valence-electron chi connectivity index (χ2n) is 6.83. The van der Waals surface area contributed by atoms with Crippen LogP contribution in [0.1, 0.15) is 11.1 Å². The molecule has 130 valence electrons. The van der Waals surface area contributed by atoms with E-state index in [0.717, 1.165) is 28.2 Å². The normalized spacial score (nSPS) is 11.1. The lowest BCUT2D eigenvalue weighted by Gasteiger charge is -2.13. The topological polar surface area (TPSA) is 33.4 Å². The molecule has 0 bridgehead atoms. The largest absolute Gasteiger partial charge is 0.378 e. The molecular formula is C22H22N4. The molecule has 4 aromatic rings. The van der Waals surface area contributed by atoms with Crippen LogP contribution in [-0.2, 0) is 0 Å². The highest BCUT2D eigenvalue weighted by Crippen LogP contribution is 2.27. The van der Waals surface area contributed by atoms with Crippen LogP contribution in [0.15, 0.2) is 61.1 Å². The molecule has 0 spiro atoms. The summed E-state index contributed by atoms with van der Waals surface area (Å²) < 4.78 is 2.12. The summed E-state index contributed by atoms with van der Waals surface area (Å²) in [7, 11) is 4.09. The predicted octanol–water partition coefficient (Wildman–Crippen LogP) is 4.75. The molecule has 4 heteroatoms. The van der Waals surface area contributed by atoms with Crippen molar-refractivity contribution in [2.75, 3.05) is 19.0 Å². The first-order valence-corrected chi connectivity index (χ1v) is 8.72. The molecule has 0 unspecified atom stereocenters. The van der Waals surface area contributed by atoms with Crippen molar-refractivity contribution in [3.05, 3.63) is 72.2 Å². The number of aryl methyl sites for hydroxylation is 1. The standard InChI is InChI=1S/C22H22N4/c1-15-6-5-7-19(16(15)2)20-14-26-21(12-24-22(26)13-23-20)17-8-10-18(11-9-17)25(3)4/h5-14H,1-4H3. The lowest BCUT2D eigenvalue weighted by atomic mass is 10.0. The monoisotopic (exact) mass is 342 g/mol. The number of nitrogens with zero attached hydrogens (tertiary/aromatic N) is 4. The van der Waals surface area contributed by atoms with Gasteiger partial charge in [-0.15, -0.1) is 0 Å². The van der Waals surface area contributed by atoms with Crippen molar-refractivity contribution in [3.8, 4) is 22.5 Å². The van der Waals surface area contributed by atoms with E-state index in [2.05, 4.69) is 81.8 Å². The minimum Gasteiger partial charge on any atom is -0.378 e. The summed E-state index contributed by atoms with van der Waals surface area (Å²) in [5.74, 6) is 0. The van der Waals surface area contributed by atoms with Crippen molar-refractivity contribution in [1.29, 1.82) is 0 Å². The van der Waals surface area contributed by atoms with Crippen molar-refractivity contribution in [3.63, 3.8) is 0 Å². The van der Waals surface area contributed by atoms with Gasteiger partial charge in [-0.05, 0) is 37.1 Å². The van der Waals surface area contributed by atoms with E-state index >= 15 is 0 Å². The van der Waals surface area contributed by atoms with Crippen molar-refractivity contribution in [2.24, 2.45) is 0 Å². The van der Waals surface area contributed by atoms with E-state index in [0.29, 0.717) is 0 Å². The Labute approximate surface area is 153 Å². The van der Waals surface area contributed by atoms with Gasteiger partial charge in [-0.3, -0.25) is 9.38 Å². The van der Waals surface area contributed by atoms with Crippen LogP contribution in [0.4, 0.5) is 5.69 Å². The predicted molar refractivity (Wildman–Crippen MR) is 108 cm³/mol. The molecule has 0 aliphatic rings. The maximum absolute atomic E-state index is 4.63. The lowest BCUT2D eigenvalue weighted by molar-refractivity contribution is 1.12. The number of imidazole rings is 1. The molecule has 0 aliphatic heterocycles. The summed E-state index contributed by atoms with van der Waals surface area (Å²) in [4.78, 5) is 11.2. The summed E-state index contributed by atoms with van der Waals surface area (Å²) in [5, 5.41) is 0. The van der Waals surface area contributed by atoms with Gasteiger partial charge in [0.05, 0.1) is 23.8 Å². The van der Waals surface area contributed by atoms with E-state index in [4.69, 9.17) is 0 Å². The third-order valence-corrected chi connectivity index (χ3v) is 4.96. The fourth-order valence-electron chi connectivity index (χ4n) is 3.20. The highest BCUT2D eigenvalue weighted by atomic mass is 15.1. The molecule has 2 aromatic carbocycles. The molecule has 4 rings (SSSR count). The molecule has 26 heavy (non-hydrogen) atoms. The zero-order valence-corrected chi connectivity index (χ0v) is 15.6. The number of rotatable bonds is 3. The number of benzene rings is 2. The quantitative estimate of drug-likeness (QED) is 0.539. The van der Waals surface area contributed by atoms with Crippen molar-refractivity contribution < 1.29 is 0 Å². The van der Waals surface area contributed by atoms with Crippen molar-refractivity contribution >= 4 is 11.3 Å². The fourth-order valence-corrected chi connectivity index (χ4v) is 3.20. The van der Waals surface area contributed by atoms with Crippen molar-refractivity contribution in [1.82, 2.24) is 14.4 Å². The summed E-state index contributed by atoms with van der Waals surface area (Å²) in [6.45, 7) is 4.28. The van der Waals surface area contributed by atoms with E-state index in [-0.39, 0.29) is 0 Å². The zero-order chi connectivity index (χ0) is 18.3. The van der Waals surface area contributed by atoms with Crippen LogP contribution in [0.2, 0.25) is 0 Å². The molecule has 0 saturated carbocycles. The first-order valence-electron chi connectivity index (χ1n) is 8.72. The van der Waals surface area contributed by atoms with Crippen LogP contribution in [0.25, 0.3) is 28.2 Å². The van der Waals surface area contributed by atoms with Crippen LogP contribution >= 0.6 is 0 Å².